The summed E-state index contributed by atoms with van der Waals surface area (Å²) in [5.74, 6) is -0.227. The van der Waals surface area contributed by atoms with E-state index in [2.05, 4.69) is 14.5 Å². The van der Waals surface area contributed by atoms with E-state index in [0.717, 1.165) is 20.9 Å². The topological polar surface area (TPSA) is 56.5 Å². The zero-order valence-electron chi connectivity index (χ0n) is 13.9. The van der Waals surface area contributed by atoms with Crippen molar-refractivity contribution in [1.82, 2.24) is 9.55 Å². The summed E-state index contributed by atoms with van der Waals surface area (Å²) in [6.07, 6.45) is 0. The highest BCUT2D eigenvalue weighted by molar-refractivity contribution is 7.16. The molecule has 0 atom stereocenters. The predicted molar refractivity (Wildman–Crippen MR) is 97.8 cm³/mol. The summed E-state index contributed by atoms with van der Waals surface area (Å²) in [6.45, 7) is 7.66. The van der Waals surface area contributed by atoms with Crippen LogP contribution in [0, 0.1) is 13.8 Å². The average molecular weight is 361 g/mol. The highest BCUT2D eigenvalue weighted by Crippen LogP contribution is 2.19. The van der Waals surface area contributed by atoms with Gasteiger partial charge in [-0.2, -0.15) is 4.99 Å². The Hall–Kier alpha value is -1.83. The number of hydrogen-bond acceptors (Lipinski definition) is 5. The maximum atomic E-state index is 12.6. The summed E-state index contributed by atoms with van der Waals surface area (Å²) in [7, 11) is 0. The summed E-state index contributed by atoms with van der Waals surface area (Å²) in [5.41, 5.74) is 1.82. The van der Waals surface area contributed by atoms with Crippen molar-refractivity contribution in [2.75, 3.05) is 13.2 Å². The number of ether oxygens (including phenoxy) is 1. The van der Waals surface area contributed by atoms with Crippen molar-refractivity contribution in [3.8, 4) is 0 Å². The molecule has 2 heterocycles. The molecule has 3 aromatic rings. The third-order valence-corrected chi connectivity index (χ3v) is 5.67. The first-order valence-corrected chi connectivity index (χ1v) is 9.42. The molecule has 0 bridgehead atoms. The van der Waals surface area contributed by atoms with Gasteiger partial charge in [0.1, 0.15) is 4.88 Å². The van der Waals surface area contributed by atoms with Crippen molar-refractivity contribution >= 4 is 38.8 Å². The highest BCUT2D eigenvalue weighted by atomic mass is 32.1. The highest BCUT2D eigenvalue weighted by Gasteiger charge is 2.14. The molecule has 5 nitrogen and oxygen atoms in total. The molecule has 126 valence electrons. The van der Waals surface area contributed by atoms with Crippen LogP contribution in [0.1, 0.15) is 27.3 Å². The van der Waals surface area contributed by atoms with Crippen LogP contribution in [-0.2, 0) is 11.3 Å². The largest absolute Gasteiger partial charge is 0.380 e. The van der Waals surface area contributed by atoms with E-state index in [-0.39, 0.29) is 5.91 Å². The molecular weight excluding hydrogens is 342 g/mol. The lowest BCUT2D eigenvalue weighted by Gasteiger charge is -2.05. The third-order valence-electron chi connectivity index (χ3n) is 3.55. The number of thiazole rings is 2. The second kappa shape index (κ2) is 7.38. The van der Waals surface area contributed by atoms with Gasteiger partial charge in [-0.1, -0.05) is 23.5 Å². The van der Waals surface area contributed by atoms with Crippen molar-refractivity contribution in [3.63, 3.8) is 0 Å². The van der Waals surface area contributed by atoms with Crippen molar-refractivity contribution in [2.45, 2.75) is 27.3 Å². The van der Waals surface area contributed by atoms with E-state index >= 15 is 0 Å². The lowest BCUT2D eigenvalue weighted by Crippen LogP contribution is -2.19. The van der Waals surface area contributed by atoms with Crippen LogP contribution in [-0.4, -0.2) is 28.7 Å². The number of aryl methyl sites for hydroxylation is 2. The summed E-state index contributed by atoms with van der Waals surface area (Å²) < 4.78 is 8.63. The molecule has 0 aliphatic carbocycles. The number of benzene rings is 1. The van der Waals surface area contributed by atoms with E-state index in [9.17, 15) is 4.79 Å². The lowest BCUT2D eigenvalue weighted by molar-refractivity contribution is 0.0999. The average Bonchev–Trinajstić information content (AvgIpc) is 3.07. The Kier molecular flexibility index (Phi) is 5.23. The zero-order valence-corrected chi connectivity index (χ0v) is 15.5. The first-order chi connectivity index (χ1) is 11.6. The minimum absolute atomic E-state index is 0.227. The van der Waals surface area contributed by atoms with Gasteiger partial charge in [-0.05, 0) is 32.9 Å². The van der Waals surface area contributed by atoms with Crippen molar-refractivity contribution in [1.29, 1.82) is 0 Å². The SMILES string of the molecule is CCOCCn1c(=NC(=O)c2sc(C)nc2C)sc2ccccc21. The quantitative estimate of drug-likeness (QED) is 0.653. The van der Waals surface area contributed by atoms with Crippen molar-refractivity contribution < 1.29 is 9.53 Å². The molecule has 0 radical (unpaired) electrons. The Bertz CT molecular complexity index is 937. The zero-order chi connectivity index (χ0) is 17.1. The fourth-order valence-corrected chi connectivity index (χ4v) is 4.35. The molecular formula is C17H19N3O2S2. The molecule has 1 aromatic carbocycles. The van der Waals surface area contributed by atoms with Crippen LogP contribution in [0.2, 0.25) is 0 Å². The van der Waals surface area contributed by atoms with Crippen molar-refractivity contribution in [3.05, 3.63) is 44.6 Å². The number of nitrogens with zero attached hydrogens (tertiary/aromatic N) is 3. The minimum atomic E-state index is -0.227. The summed E-state index contributed by atoms with van der Waals surface area (Å²) >= 11 is 2.91. The normalized spacial score (nSPS) is 12.2. The maximum absolute atomic E-state index is 12.6. The molecule has 0 N–H and O–H groups in total. The second-order valence-electron chi connectivity index (χ2n) is 5.27. The van der Waals surface area contributed by atoms with Gasteiger partial charge in [-0.3, -0.25) is 4.79 Å². The molecule has 0 spiro atoms. The number of carbonyl (C=O) groups is 1. The Morgan fingerprint density at radius 3 is 2.79 bits per heavy atom. The molecule has 1 amide bonds. The molecule has 0 saturated carbocycles. The van der Waals surface area contributed by atoms with Gasteiger partial charge in [0.05, 0.1) is 27.5 Å². The van der Waals surface area contributed by atoms with E-state index in [1.54, 1.807) is 0 Å². The van der Waals surface area contributed by atoms with Gasteiger partial charge in [-0.15, -0.1) is 11.3 Å². The Morgan fingerprint density at radius 1 is 1.29 bits per heavy atom. The number of hydrogen-bond donors (Lipinski definition) is 0. The lowest BCUT2D eigenvalue weighted by atomic mass is 10.3. The van der Waals surface area contributed by atoms with Crippen LogP contribution in [0.15, 0.2) is 29.3 Å². The van der Waals surface area contributed by atoms with Gasteiger partial charge in [-0.25, -0.2) is 4.98 Å². The number of para-hydroxylation sites is 1. The number of aromatic nitrogens is 2. The predicted octanol–water partition coefficient (Wildman–Crippen LogP) is 3.55. The van der Waals surface area contributed by atoms with Gasteiger partial charge in [0.25, 0.3) is 5.91 Å². The van der Waals surface area contributed by atoms with Gasteiger partial charge < -0.3 is 9.30 Å². The molecule has 0 aliphatic rings. The molecule has 0 fully saturated rings. The minimum Gasteiger partial charge on any atom is -0.380 e. The number of amides is 1. The van der Waals surface area contributed by atoms with Gasteiger partial charge in [0.15, 0.2) is 4.80 Å². The molecule has 24 heavy (non-hydrogen) atoms. The van der Waals surface area contributed by atoms with E-state index in [0.29, 0.717) is 29.4 Å². The monoisotopic (exact) mass is 361 g/mol. The van der Waals surface area contributed by atoms with E-state index in [1.807, 2.05) is 45.0 Å². The van der Waals surface area contributed by atoms with E-state index in [4.69, 9.17) is 4.74 Å². The molecule has 0 saturated heterocycles. The number of fused-ring (bicyclic) bond motifs is 1. The van der Waals surface area contributed by atoms with E-state index in [1.165, 1.54) is 22.7 Å². The molecule has 3 rings (SSSR count). The van der Waals surface area contributed by atoms with Crippen LogP contribution >= 0.6 is 22.7 Å². The smallest absolute Gasteiger partial charge is 0.291 e. The van der Waals surface area contributed by atoms with Crippen LogP contribution in [0.4, 0.5) is 0 Å². The maximum Gasteiger partial charge on any atom is 0.291 e. The molecule has 2 aromatic heterocycles. The molecule has 0 aliphatic heterocycles. The van der Waals surface area contributed by atoms with Crippen LogP contribution in [0.5, 0.6) is 0 Å². The molecule has 7 heteroatoms. The fraction of sp³-hybridized carbons (Fsp3) is 0.353. The summed E-state index contributed by atoms with van der Waals surface area (Å²) in [5, 5.41) is 0.881. The van der Waals surface area contributed by atoms with Gasteiger partial charge in [0.2, 0.25) is 0 Å². The number of carbonyl (C=O) groups excluding carboxylic acids is 1. The van der Waals surface area contributed by atoms with Gasteiger partial charge >= 0.3 is 0 Å². The van der Waals surface area contributed by atoms with Crippen LogP contribution < -0.4 is 4.80 Å². The first kappa shape index (κ1) is 17.0. The Labute approximate surface area is 148 Å². The van der Waals surface area contributed by atoms with Gasteiger partial charge in [0, 0.05) is 13.2 Å². The standard InChI is InChI=1S/C17H19N3O2S2/c1-4-22-10-9-20-13-7-5-6-8-14(13)24-17(20)19-16(21)15-11(2)18-12(3)23-15/h5-8H,4,9-10H2,1-3H3. The first-order valence-electron chi connectivity index (χ1n) is 7.79. The van der Waals surface area contributed by atoms with E-state index < -0.39 is 0 Å². The summed E-state index contributed by atoms with van der Waals surface area (Å²) in [4.78, 5) is 22.6. The third kappa shape index (κ3) is 3.48. The Morgan fingerprint density at radius 2 is 2.08 bits per heavy atom. The second-order valence-corrected chi connectivity index (χ2v) is 7.48. The number of rotatable bonds is 5. The Balaban J connectivity index is 2.05. The fourth-order valence-electron chi connectivity index (χ4n) is 2.49. The van der Waals surface area contributed by atoms with Crippen LogP contribution in [0.25, 0.3) is 10.2 Å². The molecule has 0 unspecified atom stereocenters. The van der Waals surface area contributed by atoms with Crippen molar-refractivity contribution in [2.24, 2.45) is 4.99 Å². The summed E-state index contributed by atoms with van der Waals surface area (Å²) in [6, 6.07) is 8.08. The van der Waals surface area contributed by atoms with Crippen LogP contribution in [0.3, 0.4) is 0 Å².